The second kappa shape index (κ2) is 5.57. The lowest BCUT2D eigenvalue weighted by molar-refractivity contribution is 0.664. The molecule has 2 nitrogen and oxygen atoms in total. The van der Waals surface area contributed by atoms with Gasteiger partial charge in [0, 0.05) is 5.39 Å². The van der Waals surface area contributed by atoms with Crippen LogP contribution in [0.4, 0.5) is 0 Å². The minimum absolute atomic E-state index is 0.0153. The number of para-hydroxylation sites is 1. The Morgan fingerprint density at radius 1 is 0.692 bits per heavy atom. The number of hydrogen-bond donors (Lipinski definition) is 0. The summed E-state index contributed by atoms with van der Waals surface area (Å²) >= 11 is 0. The fourth-order valence-corrected chi connectivity index (χ4v) is 3.65. The lowest BCUT2D eigenvalue weighted by Crippen LogP contribution is -2.02. The summed E-state index contributed by atoms with van der Waals surface area (Å²) in [5.41, 5.74) is 4.62. The number of rotatable bonds is 1. The Bertz CT molecular complexity index is 1350. The van der Waals surface area contributed by atoms with E-state index < -0.39 is 0 Å². The zero-order valence-corrected chi connectivity index (χ0v) is 14.3. The van der Waals surface area contributed by atoms with Crippen LogP contribution in [0.2, 0.25) is 0 Å². The molecule has 0 saturated heterocycles. The molecule has 0 aliphatic carbocycles. The van der Waals surface area contributed by atoms with Crippen LogP contribution >= 0.6 is 0 Å². The van der Waals surface area contributed by atoms with E-state index >= 15 is 0 Å². The third kappa shape index (κ3) is 2.16. The Morgan fingerprint density at radius 3 is 2.31 bits per heavy atom. The Balaban J connectivity index is 2.04. The van der Waals surface area contributed by atoms with Gasteiger partial charge in [0.15, 0.2) is 0 Å². The second-order valence-electron chi connectivity index (χ2n) is 6.64. The van der Waals surface area contributed by atoms with Crippen LogP contribution < -0.4 is 5.43 Å². The third-order valence-corrected chi connectivity index (χ3v) is 4.92. The zero-order chi connectivity index (χ0) is 17.7. The SMILES string of the molecule is Cc1ccc2c(c1)c(-c1ccccc1)cc1c(=O)c3ccccc3oc12. The van der Waals surface area contributed by atoms with E-state index in [4.69, 9.17) is 4.42 Å². The average molecular weight is 336 g/mol. The van der Waals surface area contributed by atoms with E-state index in [0.717, 1.165) is 21.9 Å². The van der Waals surface area contributed by atoms with E-state index in [1.54, 1.807) is 0 Å². The smallest absolute Gasteiger partial charge is 0.200 e. The predicted octanol–water partition coefficient (Wildman–Crippen LogP) is 6.07. The zero-order valence-electron chi connectivity index (χ0n) is 14.3. The first-order chi connectivity index (χ1) is 12.7. The minimum Gasteiger partial charge on any atom is -0.455 e. The van der Waals surface area contributed by atoms with Gasteiger partial charge in [-0.1, -0.05) is 66.2 Å². The van der Waals surface area contributed by atoms with Crippen LogP contribution in [-0.4, -0.2) is 0 Å². The van der Waals surface area contributed by atoms with Gasteiger partial charge in [0.1, 0.15) is 11.2 Å². The van der Waals surface area contributed by atoms with Crippen LogP contribution in [0.15, 0.2) is 88.1 Å². The van der Waals surface area contributed by atoms with Gasteiger partial charge < -0.3 is 4.42 Å². The molecule has 0 N–H and O–H groups in total. The highest BCUT2D eigenvalue weighted by Crippen LogP contribution is 2.35. The normalized spacial score (nSPS) is 11.4. The molecule has 0 bridgehead atoms. The van der Waals surface area contributed by atoms with Gasteiger partial charge in [-0.25, -0.2) is 0 Å². The summed E-state index contributed by atoms with van der Waals surface area (Å²) in [6.07, 6.45) is 0. The molecule has 5 aromatic rings. The minimum atomic E-state index is 0.0153. The van der Waals surface area contributed by atoms with Gasteiger partial charge in [-0.05, 0) is 41.6 Å². The van der Waals surface area contributed by atoms with Crippen molar-refractivity contribution in [3.63, 3.8) is 0 Å². The summed E-state index contributed by atoms with van der Waals surface area (Å²) in [5, 5.41) is 3.31. The van der Waals surface area contributed by atoms with Crippen molar-refractivity contribution in [2.45, 2.75) is 6.92 Å². The fourth-order valence-electron chi connectivity index (χ4n) is 3.65. The predicted molar refractivity (Wildman–Crippen MR) is 108 cm³/mol. The molecular formula is C24H16O2. The maximum absolute atomic E-state index is 13.1. The van der Waals surface area contributed by atoms with Gasteiger partial charge in [0.05, 0.1) is 10.8 Å². The topological polar surface area (TPSA) is 30.2 Å². The lowest BCUT2D eigenvalue weighted by atomic mass is 9.94. The Morgan fingerprint density at radius 2 is 1.46 bits per heavy atom. The fraction of sp³-hybridized carbons (Fsp3) is 0.0417. The van der Waals surface area contributed by atoms with Crippen molar-refractivity contribution in [1.29, 1.82) is 0 Å². The van der Waals surface area contributed by atoms with Crippen LogP contribution in [-0.2, 0) is 0 Å². The molecule has 26 heavy (non-hydrogen) atoms. The Kier molecular flexibility index (Phi) is 3.19. The standard InChI is InChI=1S/C24H16O2/c1-15-11-12-17-20(13-15)19(16-7-3-2-4-8-16)14-21-23(25)18-9-5-6-10-22(18)26-24(17)21/h2-14H,1H3. The highest BCUT2D eigenvalue weighted by atomic mass is 16.3. The first-order valence-electron chi connectivity index (χ1n) is 8.67. The lowest BCUT2D eigenvalue weighted by Gasteiger charge is -2.11. The number of hydrogen-bond acceptors (Lipinski definition) is 2. The maximum atomic E-state index is 13.1. The molecule has 4 aromatic carbocycles. The molecule has 2 heteroatoms. The van der Waals surface area contributed by atoms with E-state index in [1.165, 1.54) is 5.56 Å². The van der Waals surface area contributed by atoms with Crippen LogP contribution in [0.3, 0.4) is 0 Å². The first kappa shape index (κ1) is 14.9. The number of aryl methyl sites for hydroxylation is 1. The van der Waals surface area contributed by atoms with E-state index in [2.05, 4.69) is 37.3 Å². The molecule has 0 aliphatic heterocycles. The summed E-state index contributed by atoms with van der Waals surface area (Å²) in [6, 6.07) is 25.9. The van der Waals surface area contributed by atoms with Gasteiger partial charge in [0.25, 0.3) is 0 Å². The van der Waals surface area contributed by atoms with Crippen LogP contribution in [0.1, 0.15) is 5.56 Å². The average Bonchev–Trinajstić information content (AvgIpc) is 2.68. The third-order valence-electron chi connectivity index (χ3n) is 4.92. The molecule has 0 spiro atoms. The van der Waals surface area contributed by atoms with E-state index in [0.29, 0.717) is 21.9 Å². The first-order valence-corrected chi connectivity index (χ1v) is 8.67. The van der Waals surface area contributed by atoms with Crippen LogP contribution in [0.25, 0.3) is 43.8 Å². The van der Waals surface area contributed by atoms with Crippen molar-refractivity contribution in [2.75, 3.05) is 0 Å². The van der Waals surface area contributed by atoms with Crippen molar-refractivity contribution < 1.29 is 4.42 Å². The van der Waals surface area contributed by atoms with Gasteiger partial charge in [-0.3, -0.25) is 4.79 Å². The van der Waals surface area contributed by atoms with E-state index in [1.807, 2.05) is 48.5 Å². The molecule has 1 heterocycles. The Hall–Kier alpha value is -3.39. The molecule has 0 unspecified atom stereocenters. The van der Waals surface area contributed by atoms with E-state index in [-0.39, 0.29) is 5.43 Å². The molecule has 5 rings (SSSR count). The molecule has 0 saturated carbocycles. The molecule has 0 fully saturated rings. The molecule has 0 aliphatic rings. The van der Waals surface area contributed by atoms with Crippen molar-refractivity contribution in [1.82, 2.24) is 0 Å². The van der Waals surface area contributed by atoms with E-state index in [9.17, 15) is 4.79 Å². The van der Waals surface area contributed by atoms with Crippen molar-refractivity contribution in [3.8, 4) is 11.1 Å². The molecular weight excluding hydrogens is 320 g/mol. The molecule has 0 amide bonds. The second-order valence-corrected chi connectivity index (χ2v) is 6.64. The van der Waals surface area contributed by atoms with Crippen LogP contribution in [0, 0.1) is 6.92 Å². The number of fused-ring (bicyclic) bond motifs is 4. The highest BCUT2D eigenvalue weighted by molar-refractivity contribution is 6.12. The molecule has 124 valence electrons. The van der Waals surface area contributed by atoms with Gasteiger partial charge in [-0.2, -0.15) is 0 Å². The molecule has 1 aromatic heterocycles. The molecule has 0 atom stereocenters. The molecule has 0 radical (unpaired) electrons. The summed E-state index contributed by atoms with van der Waals surface area (Å²) in [5.74, 6) is 0. The highest BCUT2D eigenvalue weighted by Gasteiger charge is 2.14. The van der Waals surface area contributed by atoms with Crippen LogP contribution in [0.5, 0.6) is 0 Å². The van der Waals surface area contributed by atoms with Gasteiger partial charge >= 0.3 is 0 Å². The summed E-state index contributed by atoms with van der Waals surface area (Å²) in [6.45, 7) is 2.08. The summed E-state index contributed by atoms with van der Waals surface area (Å²) in [4.78, 5) is 13.1. The number of benzene rings is 4. The van der Waals surface area contributed by atoms with Gasteiger partial charge in [-0.15, -0.1) is 0 Å². The van der Waals surface area contributed by atoms with Crippen molar-refractivity contribution in [3.05, 3.63) is 94.6 Å². The maximum Gasteiger partial charge on any atom is 0.200 e. The summed E-state index contributed by atoms with van der Waals surface area (Å²) in [7, 11) is 0. The largest absolute Gasteiger partial charge is 0.455 e. The Labute approximate surface area is 150 Å². The summed E-state index contributed by atoms with van der Waals surface area (Å²) < 4.78 is 6.17. The monoisotopic (exact) mass is 336 g/mol. The van der Waals surface area contributed by atoms with Crippen molar-refractivity contribution >= 4 is 32.7 Å². The van der Waals surface area contributed by atoms with Crippen molar-refractivity contribution in [2.24, 2.45) is 0 Å². The van der Waals surface area contributed by atoms with Gasteiger partial charge in [0.2, 0.25) is 5.43 Å². The quantitative estimate of drug-likeness (QED) is 0.274.